The number of hydrogen-bond acceptors (Lipinski definition) is 2. The summed E-state index contributed by atoms with van der Waals surface area (Å²) in [5.74, 6) is 6.04. The van der Waals surface area contributed by atoms with E-state index in [9.17, 15) is 0 Å². The first kappa shape index (κ1) is 13.1. The third kappa shape index (κ3) is 5.07. The zero-order valence-electron chi connectivity index (χ0n) is 9.63. The number of aliphatic hydroxyl groups excluding tert-OH is 1. The van der Waals surface area contributed by atoms with Crippen LogP contribution in [-0.2, 0) is 6.42 Å². The molecule has 0 aliphatic rings. The van der Waals surface area contributed by atoms with Crippen LogP contribution in [0.1, 0.15) is 24.0 Å². The SMILES string of the molecule is [N-]=[N+]=NCCC#Cc1ccccc1CCCO. The molecule has 0 aliphatic heterocycles. The van der Waals surface area contributed by atoms with Gasteiger partial charge in [0, 0.05) is 30.0 Å². The van der Waals surface area contributed by atoms with Crippen LogP contribution in [0, 0.1) is 11.8 Å². The second kappa shape index (κ2) is 8.23. The Hall–Kier alpha value is -1.95. The van der Waals surface area contributed by atoms with Gasteiger partial charge in [0.25, 0.3) is 0 Å². The molecule has 1 rings (SSSR count). The molecule has 0 aliphatic carbocycles. The monoisotopic (exact) mass is 229 g/mol. The highest BCUT2D eigenvalue weighted by atomic mass is 16.2. The Morgan fingerprint density at radius 1 is 1.35 bits per heavy atom. The van der Waals surface area contributed by atoms with Gasteiger partial charge in [-0.2, -0.15) is 0 Å². The highest BCUT2D eigenvalue weighted by molar-refractivity contribution is 5.41. The number of aliphatic hydroxyl groups is 1. The van der Waals surface area contributed by atoms with Gasteiger partial charge in [0.1, 0.15) is 0 Å². The molecule has 1 aromatic carbocycles. The van der Waals surface area contributed by atoms with Crippen LogP contribution in [0.2, 0.25) is 0 Å². The maximum Gasteiger partial charge on any atom is 0.0434 e. The largest absolute Gasteiger partial charge is 0.396 e. The summed E-state index contributed by atoms with van der Waals surface area (Å²) < 4.78 is 0. The fourth-order valence-corrected chi connectivity index (χ4v) is 1.44. The molecular formula is C13H15N3O. The first-order valence-corrected chi connectivity index (χ1v) is 5.57. The Morgan fingerprint density at radius 3 is 2.94 bits per heavy atom. The lowest BCUT2D eigenvalue weighted by atomic mass is 10.0. The van der Waals surface area contributed by atoms with Crippen molar-refractivity contribution in [3.05, 3.63) is 45.8 Å². The predicted octanol–water partition coefficient (Wildman–Crippen LogP) is 2.66. The van der Waals surface area contributed by atoms with E-state index in [0.29, 0.717) is 13.0 Å². The lowest BCUT2D eigenvalue weighted by Gasteiger charge is -2.02. The minimum atomic E-state index is 0.193. The fourth-order valence-electron chi connectivity index (χ4n) is 1.44. The summed E-state index contributed by atoms with van der Waals surface area (Å²) in [5.41, 5.74) is 10.2. The first-order chi connectivity index (χ1) is 8.38. The maximum absolute atomic E-state index is 8.81. The lowest BCUT2D eigenvalue weighted by molar-refractivity contribution is 0.288. The molecule has 0 atom stereocenters. The molecule has 0 bridgehead atoms. The molecule has 0 aromatic heterocycles. The van der Waals surface area contributed by atoms with Crippen molar-refractivity contribution >= 4 is 0 Å². The summed E-state index contributed by atoms with van der Waals surface area (Å²) in [6.07, 6.45) is 2.15. The van der Waals surface area contributed by atoms with E-state index in [2.05, 4.69) is 21.9 Å². The summed E-state index contributed by atoms with van der Waals surface area (Å²) in [5, 5.41) is 12.2. The molecule has 17 heavy (non-hydrogen) atoms. The van der Waals surface area contributed by atoms with Crippen LogP contribution >= 0.6 is 0 Å². The molecule has 0 radical (unpaired) electrons. The van der Waals surface area contributed by atoms with E-state index in [-0.39, 0.29) is 6.61 Å². The minimum absolute atomic E-state index is 0.193. The van der Waals surface area contributed by atoms with Crippen molar-refractivity contribution in [2.45, 2.75) is 19.3 Å². The summed E-state index contributed by atoms with van der Waals surface area (Å²) in [7, 11) is 0. The van der Waals surface area contributed by atoms with Crippen molar-refractivity contribution in [2.75, 3.05) is 13.2 Å². The van der Waals surface area contributed by atoms with Crippen LogP contribution in [0.25, 0.3) is 10.4 Å². The first-order valence-electron chi connectivity index (χ1n) is 5.57. The molecule has 0 fully saturated rings. The van der Waals surface area contributed by atoms with E-state index in [0.717, 1.165) is 24.0 Å². The van der Waals surface area contributed by atoms with Crippen molar-refractivity contribution in [1.82, 2.24) is 0 Å². The summed E-state index contributed by atoms with van der Waals surface area (Å²) in [6, 6.07) is 7.90. The molecule has 0 saturated carbocycles. The van der Waals surface area contributed by atoms with Crippen LogP contribution in [0.4, 0.5) is 0 Å². The molecule has 0 amide bonds. The summed E-state index contributed by atoms with van der Waals surface area (Å²) in [6.45, 7) is 0.598. The summed E-state index contributed by atoms with van der Waals surface area (Å²) >= 11 is 0. The van der Waals surface area contributed by atoms with Crippen molar-refractivity contribution < 1.29 is 5.11 Å². The van der Waals surface area contributed by atoms with Crippen molar-refractivity contribution in [3.63, 3.8) is 0 Å². The normalized spacial score (nSPS) is 9.00. The molecule has 1 N–H and O–H groups in total. The predicted molar refractivity (Wildman–Crippen MR) is 67.4 cm³/mol. The quantitative estimate of drug-likeness (QED) is 0.272. The third-order valence-corrected chi connectivity index (χ3v) is 2.24. The minimum Gasteiger partial charge on any atom is -0.396 e. The third-order valence-electron chi connectivity index (χ3n) is 2.24. The Kier molecular flexibility index (Phi) is 6.35. The number of azide groups is 1. The second-order valence-electron chi connectivity index (χ2n) is 3.49. The van der Waals surface area contributed by atoms with Crippen LogP contribution < -0.4 is 0 Å². The standard InChI is InChI=1S/C13H15N3O/c14-16-15-10-4-3-8-12-6-1-2-7-13(12)9-5-11-17/h1-2,6-7,17H,4-5,9-11H2. The van der Waals surface area contributed by atoms with Gasteiger partial charge in [0.2, 0.25) is 0 Å². The van der Waals surface area contributed by atoms with Gasteiger partial charge in [-0.1, -0.05) is 35.2 Å². The van der Waals surface area contributed by atoms with Crippen LogP contribution in [0.5, 0.6) is 0 Å². The van der Waals surface area contributed by atoms with Gasteiger partial charge in [0.15, 0.2) is 0 Å². The summed E-state index contributed by atoms with van der Waals surface area (Å²) in [4.78, 5) is 2.67. The van der Waals surface area contributed by atoms with Gasteiger partial charge < -0.3 is 5.11 Å². The van der Waals surface area contributed by atoms with Crippen molar-refractivity contribution in [1.29, 1.82) is 0 Å². The van der Waals surface area contributed by atoms with Crippen molar-refractivity contribution in [2.24, 2.45) is 5.11 Å². The number of hydrogen-bond donors (Lipinski definition) is 1. The van der Waals surface area contributed by atoms with E-state index in [4.69, 9.17) is 10.6 Å². The molecule has 88 valence electrons. The van der Waals surface area contributed by atoms with Gasteiger partial charge in [-0.25, -0.2) is 0 Å². The molecule has 0 heterocycles. The Bertz CT molecular complexity index is 453. The van der Waals surface area contributed by atoms with Gasteiger partial charge in [-0.3, -0.25) is 0 Å². The van der Waals surface area contributed by atoms with E-state index < -0.39 is 0 Å². The molecular weight excluding hydrogens is 214 g/mol. The van der Waals surface area contributed by atoms with Gasteiger partial charge in [0.05, 0.1) is 0 Å². The van der Waals surface area contributed by atoms with Crippen LogP contribution in [0.15, 0.2) is 29.4 Å². The van der Waals surface area contributed by atoms with E-state index in [1.807, 2.05) is 24.3 Å². The van der Waals surface area contributed by atoms with E-state index in [1.54, 1.807) is 0 Å². The zero-order chi connectivity index (χ0) is 12.3. The number of nitrogens with zero attached hydrogens (tertiary/aromatic N) is 3. The lowest BCUT2D eigenvalue weighted by Crippen LogP contribution is -1.92. The Morgan fingerprint density at radius 2 is 2.18 bits per heavy atom. The van der Waals surface area contributed by atoms with Gasteiger partial charge in [-0.15, -0.1) is 0 Å². The second-order valence-corrected chi connectivity index (χ2v) is 3.49. The fraction of sp³-hybridized carbons (Fsp3) is 0.385. The maximum atomic E-state index is 8.81. The average Bonchev–Trinajstić information content (AvgIpc) is 2.37. The molecule has 0 unspecified atom stereocenters. The van der Waals surface area contributed by atoms with Crippen LogP contribution in [0.3, 0.4) is 0 Å². The zero-order valence-corrected chi connectivity index (χ0v) is 9.63. The number of aryl methyl sites for hydroxylation is 1. The average molecular weight is 229 g/mol. The molecule has 4 nitrogen and oxygen atoms in total. The Labute approximate surface area is 101 Å². The van der Waals surface area contributed by atoms with E-state index >= 15 is 0 Å². The van der Waals surface area contributed by atoms with Crippen molar-refractivity contribution in [3.8, 4) is 11.8 Å². The van der Waals surface area contributed by atoms with Crippen LogP contribution in [-0.4, -0.2) is 18.3 Å². The molecule has 1 aromatic rings. The number of rotatable bonds is 5. The topological polar surface area (TPSA) is 69.0 Å². The highest BCUT2D eigenvalue weighted by Crippen LogP contribution is 2.09. The number of benzene rings is 1. The highest BCUT2D eigenvalue weighted by Gasteiger charge is 1.97. The van der Waals surface area contributed by atoms with Gasteiger partial charge in [-0.05, 0) is 30.0 Å². The Balaban J connectivity index is 2.65. The van der Waals surface area contributed by atoms with E-state index in [1.165, 1.54) is 0 Å². The molecule has 0 spiro atoms. The molecule has 0 saturated heterocycles. The van der Waals surface area contributed by atoms with Gasteiger partial charge >= 0.3 is 0 Å². The molecule has 4 heteroatoms. The smallest absolute Gasteiger partial charge is 0.0434 e.